The van der Waals surface area contributed by atoms with Crippen LogP contribution in [0.5, 0.6) is 0 Å². The van der Waals surface area contributed by atoms with E-state index in [2.05, 4.69) is 9.88 Å². The van der Waals surface area contributed by atoms with Crippen molar-refractivity contribution in [1.82, 2.24) is 19.7 Å². The highest BCUT2D eigenvalue weighted by Gasteiger charge is 2.34. The van der Waals surface area contributed by atoms with Crippen molar-refractivity contribution in [3.63, 3.8) is 0 Å². The van der Waals surface area contributed by atoms with E-state index in [-0.39, 0.29) is 42.3 Å². The minimum absolute atomic E-state index is 0.00385. The number of urea groups is 1. The molecule has 1 aromatic heterocycles. The number of non-ortho nitro benzene ring substituents is 1. The number of aromatic nitrogens is 1. The predicted molar refractivity (Wildman–Crippen MR) is 117 cm³/mol. The predicted octanol–water partition coefficient (Wildman–Crippen LogP) is 3.16. The fourth-order valence-corrected chi connectivity index (χ4v) is 3.84. The van der Waals surface area contributed by atoms with E-state index >= 15 is 0 Å². The molecule has 0 bridgehead atoms. The molecule has 0 unspecified atom stereocenters. The van der Waals surface area contributed by atoms with Crippen LogP contribution < -0.4 is 5.32 Å². The van der Waals surface area contributed by atoms with Crippen molar-refractivity contribution in [1.29, 1.82) is 0 Å². The molecule has 1 N–H and O–H groups in total. The molecule has 1 atom stereocenters. The van der Waals surface area contributed by atoms with E-state index in [4.69, 9.17) is 0 Å². The van der Waals surface area contributed by atoms with Crippen LogP contribution in [0, 0.1) is 10.1 Å². The number of nitrogens with zero attached hydrogens (tertiary/aromatic N) is 4. The Balaban J connectivity index is 1.89. The molecular weight excluding hydrogens is 398 g/mol. The fourth-order valence-electron chi connectivity index (χ4n) is 3.84. The summed E-state index contributed by atoms with van der Waals surface area (Å²) in [7, 11) is 0. The highest BCUT2D eigenvalue weighted by molar-refractivity contribution is 5.85. The molecule has 9 nitrogen and oxygen atoms in total. The van der Waals surface area contributed by atoms with Crippen molar-refractivity contribution in [2.24, 2.45) is 0 Å². The quantitative estimate of drug-likeness (QED) is 0.565. The first-order valence-electron chi connectivity index (χ1n) is 10.4. The number of amides is 3. The minimum Gasteiger partial charge on any atom is -0.348 e. The summed E-state index contributed by atoms with van der Waals surface area (Å²) in [5.41, 5.74) is 1.74. The number of hydrogen-bond donors (Lipinski definition) is 1. The number of hydrogen-bond acceptors (Lipinski definition) is 4. The zero-order chi connectivity index (χ0) is 22.7. The Morgan fingerprint density at radius 2 is 1.84 bits per heavy atom. The minimum atomic E-state index is -0.440. The van der Waals surface area contributed by atoms with Gasteiger partial charge in [-0.2, -0.15) is 0 Å². The number of carbonyl (C=O) groups is 2. The maximum absolute atomic E-state index is 13.4. The van der Waals surface area contributed by atoms with Crippen molar-refractivity contribution in [2.45, 2.75) is 52.4 Å². The molecular formula is C22H29N5O4. The highest BCUT2D eigenvalue weighted by Crippen LogP contribution is 2.33. The van der Waals surface area contributed by atoms with E-state index in [9.17, 15) is 19.7 Å². The Morgan fingerprint density at radius 1 is 1.16 bits per heavy atom. The van der Waals surface area contributed by atoms with Crippen LogP contribution in [-0.2, 0) is 11.3 Å². The molecule has 1 aromatic carbocycles. The van der Waals surface area contributed by atoms with E-state index in [1.165, 1.54) is 17.0 Å². The van der Waals surface area contributed by atoms with E-state index in [1.807, 2.05) is 46.0 Å². The third-order valence-electron chi connectivity index (χ3n) is 5.38. The van der Waals surface area contributed by atoms with Gasteiger partial charge in [0.05, 0.1) is 11.0 Å². The second-order valence-corrected chi connectivity index (χ2v) is 8.29. The number of nitro benzene ring substituents is 1. The molecule has 2 heterocycles. The van der Waals surface area contributed by atoms with Crippen molar-refractivity contribution in [3.05, 3.63) is 64.0 Å². The summed E-state index contributed by atoms with van der Waals surface area (Å²) >= 11 is 0. The van der Waals surface area contributed by atoms with Crippen molar-refractivity contribution in [3.8, 4) is 0 Å². The fraction of sp³-hybridized carbons (Fsp3) is 0.455. The average molecular weight is 428 g/mol. The molecule has 0 saturated heterocycles. The lowest BCUT2D eigenvalue weighted by Gasteiger charge is -2.39. The van der Waals surface area contributed by atoms with Crippen molar-refractivity contribution < 1.29 is 14.5 Å². The van der Waals surface area contributed by atoms with Gasteiger partial charge in [-0.25, -0.2) is 4.79 Å². The van der Waals surface area contributed by atoms with E-state index in [0.717, 1.165) is 11.3 Å². The number of nitro groups is 1. The lowest BCUT2D eigenvalue weighted by Crippen LogP contribution is -2.52. The first-order valence-corrected chi connectivity index (χ1v) is 10.4. The number of carbonyl (C=O) groups excluding carboxylic acids is 2. The molecule has 2 aromatic rings. The summed E-state index contributed by atoms with van der Waals surface area (Å²) in [4.78, 5) is 39.9. The second kappa shape index (κ2) is 9.20. The Kier molecular flexibility index (Phi) is 6.62. The van der Waals surface area contributed by atoms with Gasteiger partial charge >= 0.3 is 6.03 Å². The maximum atomic E-state index is 13.4. The van der Waals surface area contributed by atoms with Crippen molar-refractivity contribution in [2.75, 3.05) is 13.1 Å². The standard InChI is InChI=1S/C22H29N5O4/c1-15(2)23-22(29)26(16(3)4)14-20(28)25-13-12-24-11-5-6-19(24)21(25)17-7-9-18(10-8-17)27(30)31/h5-11,15-16,21H,12-14H2,1-4H3,(H,23,29)/t21-/m0/s1. The SMILES string of the molecule is CC(C)NC(=O)N(CC(=O)N1CCn2cccc2[C@@H]1c1ccc([N+](=O)[O-])cc1)C(C)C. The van der Waals surface area contributed by atoms with Crippen molar-refractivity contribution >= 4 is 17.6 Å². The molecule has 3 rings (SSSR count). The molecule has 0 aliphatic carbocycles. The zero-order valence-electron chi connectivity index (χ0n) is 18.3. The van der Waals surface area contributed by atoms with E-state index in [0.29, 0.717) is 13.1 Å². The van der Waals surface area contributed by atoms with Crippen LogP contribution in [0.2, 0.25) is 0 Å². The summed E-state index contributed by atoms with van der Waals surface area (Å²) in [6.07, 6.45) is 1.96. The molecule has 0 saturated carbocycles. The van der Waals surface area contributed by atoms with Crippen LogP contribution in [0.15, 0.2) is 42.6 Å². The Morgan fingerprint density at radius 3 is 2.42 bits per heavy atom. The van der Waals surface area contributed by atoms with Crippen LogP contribution in [0.25, 0.3) is 0 Å². The third-order valence-corrected chi connectivity index (χ3v) is 5.38. The van der Waals surface area contributed by atoms with Gasteiger partial charge in [-0.05, 0) is 57.5 Å². The molecule has 1 aliphatic rings. The summed E-state index contributed by atoms with van der Waals surface area (Å²) in [6.45, 7) is 8.60. The Hall–Kier alpha value is -3.36. The normalized spacial score (nSPS) is 15.7. The topological polar surface area (TPSA) is 101 Å². The summed E-state index contributed by atoms with van der Waals surface area (Å²) in [6, 6.07) is 9.35. The second-order valence-electron chi connectivity index (χ2n) is 8.29. The maximum Gasteiger partial charge on any atom is 0.318 e. The first kappa shape index (κ1) is 22.3. The smallest absolute Gasteiger partial charge is 0.318 e. The third kappa shape index (κ3) is 4.87. The first-order chi connectivity index (χ1) is 14.7. The van der Waals surface area contributed by atoms with Gasteiger partial charge in [0.2, 0.25) is 5.91 Å². The van der Waals surface area contributed by atoms with Crippen LogP contribution in [0.1, 0.15) is 45.0 Å². The van der Waals surface area contributed by atoms with Gasteiger partial charge < -0.3 is 19.7 Å². The number of benzene rings is 1. The van der Waals surface area contributed by atoms with Gasteiger partial charge in [0.15, 0.2) is 0 Å². The average Bonchev–Trinajstić information content (AvgIpc) is 3.19. The highest BCUT2D eigenvalue weighted by atomic mass is 16.6. The molecule has 9 heteroatoms. The van der Waals surface area contributed by atoms with Gasteiger partial charge in [-0.3, -0.25) is 14.9 Å². The Labute approximate surface area is 181 Å². The van der Waals surface area contributed by atoms with Crippen LogP contribution >= 0.6 is 0 Å². The van der Waals surface area contributed by atoms with Gasteiger partial charge in [0.1, 0.15) is 6.54 Å². The summed E-state index contributed by atoms with van der Waals surface area (Å²) < 4.78 is 2.08. The van der Waals surface area contributed by atoms with Crippen LogP contribution in [-0.4, -0.2) is 56.4 Å². The van der Waals surface area contributed by atoms with Gasteiger partial charge in [0.25, 0.3) is 5.69 Å². The monoisotopic (exact) mass is 427 g/mol. The summed E-state index contributed by atoms with van der Waals surface area (Å²) in [5, 5.41) is 13.9. The molecule has 1 aliphatic heterocycles. The van der Waals surface area contributed by atoms with Gasteiger partial charge in [-0.1, -0.05) is 0 Å². The number of rotatable bonds is 6. The number of nitrogens with one attached hydrogen (secondary N) is 1. The molecule has 3 amide bonds. The Bertz CT molecular complexity index is 951. The molecule has 0 spiro atoms. The van der Waals surface area contributed by atoms with Gasteiger partial charge in [-0.15, -0.1) is 0 Å². The molecule has 166 valence electrons. The number of fused-ring (bicyclic) bond motifs is 1. The molecule has 0 fully saturated rings. The van der Waals surface area contributed by atoms with E-state index < -0.39 is 4.92 Å². The molecule has 0 radical (unpaired) electrons. The van der Waals surface area contributed by atoms with Gasteiger partial charge in [0, 0.05) is 49.2 Å². The lowest BCUT2D eigenvalue weighted by atomic mass is 9.99. The zero-order valence-corrected chi connectivity index (χ0v) is 18.3. The van der Waals surface area contributed by atoms with E-state index in [1.54, 1.807) is 17.0 Å². The largest absolute Gasteiger partial charge is 0.348 e. The summed E-state index contributed by atoms with van der Waals surface area (Å²) in [5.74, 6) is -0.164. The lowest BCUT2D eigenvalue weighted by molar-refractivity contribution is -0.384. The molecule has 31 heavy (non-hydrogen) atoms. The van der Waals surface area contributed by atoms with Crippen LogP contribution in [0.4, 0.5) is 10.5 Å². The van der Waals surface area contributed by atoms with Crippen LogP contribution in [0.3, 0.4) is 0 Å².